The third kappa shape index (κ3) is 2.75. The Labute approximate surface area is 96.6 Å². The van der Waals surface area contributed by atoms with E-state index in [9.17, 15) is 18.0 Å². The molecule has 0 amide bonds. The van der Waals surface area contributed by atoms with Crippen molar-refractivity contribution in [1.29, 1.82) is 0 Å². The SMILES string of the molecule is CCOC(=O)C(F)(F)c1ncc(CC)cc1F. The summed E-state index contributed by atoms with van der Waals surface area (Å²) in [5.74, 6) is -7.06. The summed E-state index contributed by atoms with van der Waals surface area (Å²) in [5, 5.41) is 0. The van der Waals surface area contributed by atoms with Crippen molar-refractivity contribution >= 4 is 5.97 Å². The second-order valence-electron chi connectivity index (χ2n) is 3.32. The Kier molecular flexibility index (Phi) is 4.09. The summed E-state index contributed by atoms with van der Waals surface area (Å²) in [7, 11) is 0. The minimum absolute atomic E-state index is 0.205. The number of halogens is 3. The van der Waals surface area contributed by atoms with E-state index < -0.39 is 23.4 Å². The molecule has 0 aliphatic heterocycles. The molecule has 0 radical (unpaired) electrons. The molecule has 0 spiro atoms. The van der Waals surface area contributed by atoms with Gasteiger partial charge >= 0.3 is 11.9 Å². The molecular formula is C11H12F3NO2. The van der Waals surface area contributed by atoms with Crippen LogP contribution in [-0.4, -0.2) is 17.6 Å². The summed E-state index contributed by atoms with van der Waals surface area (Å²) in [6.07, 6.45) is 1.58. The number of nitrogens with zero attached hydrogens (tertiary/aromatic N) is 1. The Morgan fingerprint density at radius 3 is 2.59 bits per heavy atom. The summed E-state index contributed by atoms with van der Waals surface area (Å²) in [4.78, 5) is 14.3. The Hall–Kier alpha value is -1.59. The van der Waals surface area contributed by atoms with Gasteiger partial charge in [0, 0.05) is 6.20 Å². The molecule has 17 heavy (non-hydrogen) atoms. The van der Waals surface area contributed by atoms with E-state index >= 15 is 0 Å². The van der Waals surface area contributed by atoms with Crippen LogP contribution in [0.15, 0.2) is 12.3 Å². The maximum atomic E-state index is 13.5. The first-order valence-corrected chi connectivity index (χ1v) is 5.13. The highest BCUT2D eigenvalue weighted by atomic mass is 19.3. The van der Waals surface area contributed by atoms with Crippen molar-refractivity contribution in [3.05, 3.63) is 29.3 Å². The van der Waals surface area contributed by atoms with Crippen molar-refractivity contribution in [2.45, 2.75) is 26.2 Å². The average molecular weight is 247 g/mol. The number of pyridine rings is 1. The van der Waals surface area contributed by atoms with E-state index in [-0.39, 0.29) is 6.61 Å². The minimum atomic E-state index is -4.06. The fourth-order valence-corrected chi connectivity index (χ4v) is 1.22. The maximum Gasteiger partial charge on any atom is 0.387 e. The highest BCUT2D eigenvalue weighted by Crippen LogP contribution is 2.30. The van der Waals surface area contributed by atoms with Gasteiger partial charge < -0.3 is 4.74 Å². The number of aromatic nitrogens is 1. The van der Waals surface area contributed by atoms with Crippen molar-refractivity contribution in [3.8, 4) is 0 Å². The number of aryl methyl sites for hydroxylation is 1. The molecule has 1 rings (SSSR count). The van der Waals surface area contributed by atoms with Crippen LogP contribution in [0.3, 0.4) is 0 Å². The van der Waals surface area contributed by atoms with Crippen molar-refractivity contribution in [2.75, 3.05) is 6.61 Å². The third-order valence-electron chi connectivity index (χ3n) is 2.14. The third-order valence-corrected chi connectivity index (χ3v) is 2.14. The quantitative estimate of drug-likeness (QED) is 0.767. The zero-order chi connectivity index (χ0) is 13.1. The highest BCUT2D eigenvalue weighted by Gasteiger charge is 2.46. The molecule has 3 nitrogen and oxygen atoms in total. The van der Waals surface area contributed by atoms with Gasteiger partial charge in [-0.05, 0) is 25.0 Å². The maximum absolute atomic E-state index is 13.5. The van der Waals surface area contributed by atoms with Gasteiger partial charge in [-0.3, -0.25) is 4.98 Å². The fraction of sp³-hybridized carbons (Fsp3) is 0.455. The van der Waals surface area contributed by atoms with E-state index in [0.717, 1.165) is 12.3 Å². The van der Waals surface area contributed by atoms with Crippen LogP contribution in [0.25, 0.3) is 0 Å². The molecule has 0 fully saturated rings. The number of carbonyl (C=O) groups is 1. The first-order chi connectivity index (χ1) is 7.93. The van der Waals surface area contributed by atoms with Crippen molar-refractivity contribution < 1.29 is 22.7 Å². The Balaban J connectivity index is 3.10. The zero-order valence-corrected chi connectivity index (χ0v) is 9.47. The van der Waals surface area contributed by atoms with Gasteiger partial charge in [-0.25, -0.2) is 9.18 Å². The van der Waals surface area contributed by atoms with Crippen LogP contribution in [0, 0.1) is 5.82 Å². The van der Waals surface area contributed by atoms with Crippen molar-refractivity contribution in [3.63, 3.8) is 0 Å². The smallest absolute Gasteiger partial charge is 0.387 e. The van der Waals surface area contributed by atoms with Crippen LogP contribution in [0.1, 0.15) is 25.1 Å². The van der Waals surface area contributed by atoms with Crippen LogP contribution in [0.2, 0.25) is 0 Å². The summed E-state index contributed by atoms with van der Waals surface area (Å²) in [5.41, 5.74) is -0.723. The Morgan fingerprint density at radius 2 is 2.12 bits per heavy atom. The lowest BCUT2D eigenvalue weighted by molar-refractivity contribution is -0.174. The number of rotatable bonds is 4. The van der Waals surface area contributed by atoms with Gasteiger partial charge in [-0.15, -0.1) is 0 Å². The van der Waals surface area contributed by atoms with E-state index in [0.29, 0.717) is 12.0 Å². The monoisotopic (exact) mass is 247 g/mol. The largest absolute Gasteiger partial charge is 0.461 e. The van der Waals surface area contributed by atoms with Crippen LogP contribution in [0.5, 0.6) is 0 Å². The van der Waals surface area contributed by atoms with E-state index in [1.54, 1.807) is 6.92 Å². The van der Waals surface area contributed by atoms with Gasteiger partial charge in [0.2, 0.25) is 0 Å². The molecule has 0 aromatic carbocycles. The first kappa shape index (κ1) is 13.5. The summed E-state index contributed by atoms with van der Waals surface area (Å²) >= 11 is 0. The summed E-state index contributed by atoms with van der Waals surface area (Å²) < 4.78 is 44.5. The molecule has 0 saturated heterocycles. The lowest BCUT2D eigenvalue weighted by Crippen LogP contribution is -2.30. The van der Waals surface area contributed by atoms with Gasteiger partial charge in [-0.1, -0.05) is 6.92 Å². The number of alkyl halides is 2. The Morgan fingerprint density at radius 1 is 1.47 bits per heavy atom. The van der Waals surface area contributed by atoms with E-state index in [4.69, 9.17) is 0 Å². The molecule has 0 aliphatic rings. The van der Waals surface area contributed by atoms with Crippen LogP contribution >= 0.6 is 0 Å². The topological polar surface area (TPSA) is 39.2 Å². The van der Waals surface area contributed by atoms with E-state index in [1.807, 2.05) is 0 Å². The predicted molar refractivity (Wildman–Crippen MR) is 54.1 cm³/mol. The molecule has 0 saturated carbocycles. The van der Waals surface area contributed by atoms with Crippen LogP contribution in [-0.2, 0) is 21.9 Å². The normalized spacial score (nSPS) is 11.4. The number of carbonyl (C=O) groups excluding carboxylic acids is 1. The number of esters is 1. The second-order valence-corrected chi connectivity index (χ2v) is 3.32. The van der Waals surface area contributed by atoms with E-state index in [2.05, 4.69) is 9.72 Å². The molecule has 1 aromatic heterocycles. The van der Waals surface area contributed by atoms with Gasteiger partial charge in [0.1, 0.15) is 0 Å². The Bertz CT molecular complexity index is 421. The van der Waals surface area contributed by atoms with Gasteiger partial charge in [-0.2, -0.15) is 8.78 Å². The molecule has 0 aliphatic carbocycles. The number of hydrogen-bond acceptors (Lipinski definition) is 3. The molecular weight excluding hydrogens is 235 g/mol. The molecule has 6 heteroatoms. The zero-order valence-electron chi connectivity index (χ0n) is 9.47. The van der Waals surface area contributed by atoms with E-state index in [1.165, 1.54) is 6.92 Å². The molecule has 0 unspecified atom stereocenters. The lowest BCUT2D eigenvalue weighted by Gasteiger charge is -2.14. The highest BCUT2D eigenvalue weighted by molar-refractivity contribution is 5.78. The molecule has 1 aromatic rings. The molecule has 0 bridgehead atoms. The van der Waals surface area contributed by atoms with Gasteiger partial charge in [0.25, 0.3) is 0 Å². The van der Waals surface area contributed by atoms with Crippen molar-refractivity contribution in [2.24, 2.45) is 0 Å². The van der Waals surface area contributed by atoms with Crippen LogP contribution in [0.4, 0.5) is 13.2 Å². The molecule has 1 heterocycles. The average Bonchev–Trinajstić information content (AvgIpc) is 2.28. The molecule has 0 N–H and O–H groups in total. The number of ether oxygens (including phenoxy) is 1. The minimum Gasteiger partial charge on any atom is -0.461 e. The second kappa shape index (κ2) is 5.16. The van der Waals surface area contributed by atoms with Crippen LogP contribution < -0.4 is 0 Å². The molecule has 0 atom stereocenters. The van der Waals surface area contributed by atoms with Gasteiger partial charge in [0.15, 0.2) is 11.5 Å². The lowest BCUT2D eigenvalue weighted by atomic mass is 10.1. The first-order valence-electron chi connectivity index (χ1n) is 5.13. The van der Waals surface area contributed by atoms with Crippen molar-refractivity contribution in [1.82, 2.24) is 4.98 Å². The molecule has 94 valence electrons. The fourth-order valence-electron chi connectivity index (χ4n) is 1.22. The standard InChI is InChI=1S/C11H12F3NO2/c1-3-7-5-8(12)9(15-6-7)11(13,14)10(16)17-4-2/h5-6H,3-4H2,1-2H3. The summed E-state index contributed by atoms with van der Waals surface area (Å²) in [6.45, 7) is 2.92. The summed E-state index contributed by atoms with van der Waals surface area (Å²) in [6, 6.07) is 0.940. The number of hydrogen-bond donors (Lipinski definition) is 0. The van der Waals surface area contributed by atoms with Gasteiger partial charge in [0.05, 0.1) is 6.61 Å². The predicted octanol–water partition coefficient (Wildman–Crippen LogP) is 2.44.